The lowest BCUT2D eigenvalue weighted by molar-refractivity contribution is -0.139. The summed E-state index contributed by atoms with van der Waals surface area (Å²) < 4.78 is 10.8. The van der Waals surface area contributed by atoms with Crippen LogP contribution >= 0.6 is 0 Å². The molecule has 6 nitrogen and oxygen atoms in total. The molecule has 0 aromatic heterocycles. The fourth-order valence-corrected chi connectivity index (χ4v) is 3.36. The standard InChI is InChI=1S/C23H28N2O4/c1-28-21-10-5-7-19(17-21)18-23(27)25-14-12-24(13-15-25)22(26)11-6-16-29-20-8-3-2-4-9-20/h2-5,7-10,17H,6,11-16,18H2,1H3. The second-order valence-corrected chi connectivity index (χ2v) is 7.05. The number of piperazine rings is 1. The fraction of sp³-hybridized carbons (Fsp3) is 0.391. The largest absolute Gasteiger partial charge is 0.497 e. The summed E-state index contributed by atoms with van der Waals surface area (Å²) in [4.78, 5) is 28.6. The Morgan fingerprint density at radius 3 is 2.21 bits per heavy atom. The Hall–Kier alpha value is -3.02. The molecule has 1 aliphatic rings. The Morgan fingerprint density at radius 1 is 0.862 bits per heavy atom. The molecule has 0 spiro atoms. The van der Waals surface area contributed by atoms with E-state index in [1.165, 1.54) is 0 Å². The maximum Gasteiger partial charge on any atom is 0.227 e. The zero-order valence-corrected chi connectivity index (χ0v) is 16.9. The average molecular weight is 396 g/mol. The second-order valence-electron chi connectivity index (χ2n) is 7.05. The number of hydrogen-bond acceptors (Lipinski definition) is 4. The number of amides is 2. The summed E-state index contributed by atoms with van der Waals surface area (Å²) in [7, 11) is 1.62. The van der Waals surface area contributed by atoms with Crippen molar-refractivity contribution in [3.63, 3.8) is 0 Å². The molecule has 0 aliphatic carbocycles. The minimum absolute atomic E-state index is 0.0848. The average Bonchev–Trinajstić information content (AvgIpc) is 2.77. The first kappa shape index (κ1) is 20.7. The van der Waals surface area contributed by atoms with E-state index in [0.29, 0.717) is 52.0 Å². The molecule has 6 heteroatoms. The van der Waals surface area contributed by atoms with Crippen LogP contribution in [0.25, 0.3) is 0 Å². The predicted octanol–water partition coefficient (Wildman–Crippen LogP) is 2.77. The molecule has 0 saturated carbocycles. The number of ether oxygens (including phenoxy) is 2. The summed E-state index contributed by atoms with van der Waals surface area (Å²) in [5.74, 6) is 1.79. The first-order valence-electron chi connectivity index (χ1n) is 10.0. The van der Waals surface area contributed by atoms with Gasteiger partial charge in [0.1, 0.15) is 11.5 Å². The van der Waals surface area contributed by atoms with Gasteiger partial charge in [0.25, 0.3) is 0 Å². The Morgan fingerprint density at radius 2 is 1.52 bits per heavy atom. The number of rotatable bonds is 8. The van der Waals surface area contributed by atoms with E-state index in [0.717, 1.165) is 17.1 Å². The lowest BCUT2D eigenvalue weighted by atomic mass is 10.1. The molecule has 2 amide bonds. The number of para-hydroxylation sites is 1. The molecular weight excluding hydrogens is 368 g/mol. The first-order valence-corrected chi connectivity index (χ1v) is 10.0. The van der Waals surface area contributed by atoms with Crippen LogP contribution in [0.3, 0.4) is 0 Å². The SMILES string of the molecule is COc1cccc(CC(=O)N2CCN(C(=O)CCCOc3ccccc3)CC2)c1. The molecule has 3 rings (SSSR count). The highest BCUT2D eigenvalue weighted by Gasteiger charge is 2.23. The molecule has 1 saturated heterocycles. The van der Waals surface area contributed by atoms with E-state index in [1.54, 1.807) is 7.11 Å². The van der Waals surface area contributed by atoms with Gasteiger partial charge >= 0.3 is 0 Å². The fourth-order valence-electron chi connectivity index (χ4n) is 3.36. The number of nitrogens with zero attached hydrogens (tertiary/aromatic N) is 2. The second kappa shape index (κ2) is 10.5. The highest BCUT2D eigenvalue weighted by Crippen LogP contribution is 2.15. The van der Waals surface area contributed by atoms with E-state index in [9.17, 15) is 9.59 Å². The van der Waals surface area contributed by atoms with Crippen LogP contribution in [0.4, 0.5) is 0 Å². The van der Waals surface area contributed by atoms with Crippen LogP contribution in [0.15, 0.2) is 54.6 Å². The molecule has 154 valence electrons. The van der Waals surface area contributed by atoms with E-state index in [1.807, 2.05) is 64.4 Å². The van der Waals surface area contributed by atoms with E-state index in [4.69, 9.17) is 9.47 Å². The minimum atomic E-state index is 0.0848. The van der Waals surface area contributed by atoms with Crippen molar-refractivity contribution < 1.29 is 19.1 Å². The lowest BCUT2D eigenvalue weighted by Crippen LogP contribution is -2.51. The number of carbonyl (C=O) groups is 2. The number of benzene rings is 2. The molecular formula is C23H28N2O4. The molecule has 0 radical (unpaired) electrons. The highest BCUT2D eigenvalue weighted by molar-refractivity contribution is 5.80. The summed E-state index contributed by atoms with van der Waals surface area (Å²) in [6.45, 7) is 2.85. The molecule has 0 atom stereocenters. The molecule has 2 aromatic carbocycles. The van der Waals surface area contributed by atoms with Crippen molar-refractivity contribution in [1.82, 2.24) is 9.80 Å². The van der Waals surface area contributed by atoms with Gasteiger partial charge in [0.2, 0.25) is 11.8 Å². The molecule has 0 N–H and O–H groups in total. The van der Waals surface area contributed by atoms with Gasteiger partial charge in [-0.3, -0.25) is 9.59 Å². The van der Waals surface area contributed by atoms with Crippen molar-refractivity contribution in [2.24, 2.45) is 0 Å². The summed E-state index contributed by atoms with van der Waals surface area (Å²) in [5, 5.41) is 0. The summed E-state index contributed by atoms with van der Waals surface area (Å²) in [6.07, 6.45) is 1.50. The van der Waals surface area contributed by atoms with Crippen LogP contribution in [-0.4, -0.2) is 61.5 Å². The molecule has 1 fully saturated rings. The number of methoxy groups -OCH3 is 1. The van der Waals surface area contributed by atoms with Crippen LogP contribution in [0.2, 0.25) is 0 Å². The van der Waals surface area contributed by atoms with E-state index < -0.39 is 0 Å². The topological polar surface area (TPSA) is 59.1 Å². The van der Waals surface area contributed by atoms with Crippen molar-refractivity contribution in [3.8, 4) is 11.5 Å². The quantitative estimate of drug-likeness (QED) is 0.644. The van der Waals surface area contributed by atoms with Crippen LogP contribution in [0, 0.1) is 0 Å². The van der Waals surface area contributed by atoms with Gasteiger partial charge in [-0.25, -0.2) is 0 Å². The molecule has 1 heterocycles. The summed E-state index contributed by atoms with van der Waals surface area (Å²) in [6, 6.07) is 17.2. The summed E-state index contributed by atoms with van der Waals surface area (Å²) >= 11 is 0. The van der Waals surface area contributed by atoms with Crippen LogP contribution < -0.4 is 9.47 Å². The zero-order valence-electron chi connectivity index (χ0n) is 16.9. The molecule has 29 heavy (non-hydrogen) atoms. The van der Waals surface area contributed by atoms with Crippen LogP contribution in [-0.2, 0) is 16.0 Å². The Kier molecular flexibility index (Phi) is 7.50. The van der Waals surface area contributed by atoms with E-state index in [-0.39, 0.29) is 11.8 Å². The van der Waals surface area contributed by atoms with E-state index in [2.05, 4.69) is 0 Å². The van der Waals surface area contributed by atoms with Gasteiger partial charge in [-0.2, -0.15) is 0 Å². The van der Waals surface area contributed by atoms with Crippen molar-refractivity contribution >= 4 is 11.8 Å². The van der Waals surface area contributed by atoms with Gasteiger partial charge in [-0.05, 0) is 36.2 Å². The van der Waals surface area contributed by atoms with Gasteiger partial charge in [0.15, 0.2) is 0 Å². The van der Waals surface area contributed by atoms with Gasteiger partial charge in [-0.15, -0.1) is 0 Å². The van der Waals surface area contributed by atoms with Gasteiger partial charge < -0.3 is 19.3 Å². The smallest absolute Gasteiger partial charge is 0.227 e. The molecule has 2 aromatic rings. The van der Waals surface area contributed by atoms with Crippen molar-refractivity contribution in [1.29, 1.82) is 0 Å². The molecule has 0 bridgehead atoms. The van der Waals surface area contributed by atoms with Crippen molar-refractivity contribution in [3.05, 3.63) is 60.2 Å². The monoisotopic (exact) mass is 396 g/mol. The van der Waals surface area contributed by atoms with Crippen molar-refractivity contribution in [2.45, 2.75) is 19.3 Å². The lowest BCUT2D eigenvalue weighted by Gasteiger charge is -2.35. The van der Waals surface area contributed by atoms with Gasteiger partial charge in [-0.1, -0.05) is 30.3 Å². The maximum absolute atomic E-state index is 12.6. The Balaban J connectivity index is 1.36. The van der Waals surface area contributed by atoms with Gasteiger partial charge in [0.05, 0.1) is 20.1 Å². The van der Waals surface area contributed by atoms with Gasteiger partial charge in [0, 0.05) is 32.6 Å². The van der Waals surface area contributed by atoms with Crippen molar-refractivity contribution in [2.75, 3.05) is 39.9 Å². The predicted molar refractivity (Wildman–Crippen MR) is 111 cm³/mol. The molecule has 1 aliphatic heterocycles. The minimum Gasteiger partial charge on any atom is -0.497 e. The first-order chi connectivity index (χ1) is 14.2. The number of hydrogen-bond donors (Lipinski definition) is 0. The highest BCUT2D eigenvalue weighted by atomic mass is 16.5. The summed E-state index contributed by atoms with van der Waals surface area (Å²) in [5.41, 5.74) is 0.936. The maximum atomic E-state index is 12.6. The zero-order chi connectivity index (χ0) is 20.5. The normalized spacial score (nSPS) is 13.8. The molecule has 0 unspecified atom stereocenters. The third-order valence-electron chi connectivity index (χ3n) is 5.02. The Bertz CT molecular complexity index is 802. The third kappa shape index (κ3) is 6.24. The number of carbonyl (C=O) groups excluding carboxylic acids is 2. The van der Waals surface area contributed by atoms with E-state index >= 15 is 0 Å². The Labute approximate surface area is 172 Å². The van der Waals surface area contributed by atoms with Crippen LogP contribution in [0.1, 0.15) is 18.4 Å². The third-order valence-corrected chi connectivity index (χ3v) is 5.02. The van der Waals surface area contributed by atoms with Crippen LogP contribution in [0.5, 0.6) is 11.5 Å².